The van der Waals surface area contributed by atoms with Crippen molar-refractivity contribution in [2.24, 2.45) is 0 Å². The molecule has 0 aromatic carbocycles. The van der Waals surface area contributed by atoms with Crippen LogP contribution in [0.15, 0.2) is 23.4 Å². The molecule has 1 rings (SSSR count). The summed E-state index contributed by atoms with van der Waals surface area (Å²) < 4.78 is 34.9. The Bertz CT molecular complexity index is 601. The molecular formula is C14H20N2O5S. The van der Waals surface area contributed by atoms with Crippen molar-refractivity contribution in [3.05, 3.63) is 23.4 Å². The molecule has 0 aromatic heterocycles. The van der Waals surface area contributed by atoms with Crippen molar-refractivity contribution in [1.82, 2.24) is 4.90 Å². The van der Waals surface area contributed by atoms with Crippen LogP contribution in [0.4, 0.5) is 0 Å². The van der Waals surface area contributed by atoms with E-state index < -0.39 is 16.1 Å². The van der Waals surface area contributed by atoms with Crippen LogP contribution in [0.1, 0.15) is 26.2 Å². The minimum Gasteiger partial charge on any atom is -0.462 e. The maximum absolute atomic E-state index is 11.5. The molecule has 0 radical (unpaired) electrons. The average molecular weight is 328 g/mol. The third-order valence-corrected chi connectivity index (χ3v) is 3.96. The number of esters is 1. The number of allylic oxidation sites excluding steroid dienone is 3. The molecule has 0 unspecified atom stereocenters. The molecular weight excluding hydrogens is 308 g/mol. The molecule has 0 bridgehead atoms. The lowest BCUT2D eigenvalue weighted by atomic mass is 10.2. The third-order valence-electron chi connectivity index (χ3n) is 3.16. The van der Waals surface area contributed by atoms with E-state index in [1.165, 1.54) is 6.08 Å². The summed E-state index contributed by atoms with van der Waals surface area (Å²) in [5, 5.41) is 8.94. The van der Waals surface area contributed by atoms with Gasteiger partial charge in [-0.2, -0.15) is 13.7 Å². The molecule has 1 fully saturated rings. The first-order chi connectivity index (χ1) is 10.4. The third kappa shape index (κ3) is 6.28. The minimum absolute atomic E-state index is 0.0702. The summed E-state index contributed by atoms with van der Waals surface area (Å²) in [6.45, 7) is 3.16. The van der Waals surface area contributed by atoms with Gasteiger partial charge in [-0.05, 0) is 38.3 Å². The Morgan fingerprint density at radius 3 is 2.86 bits per heavy atom. The van der Waals surface area contributed by atoms with Crippen molar-refractivity contribution in [3.8, 4) is 6.07 Å². The lowest BCUT2D eigenvalue weighted by Gasteiger charge is -2.19. The van der Waals surface area contributed by atoms with Crippen LogP contribution >= 0.6 is 0 Å². The molecule has 1 saturated heterocycles. The second-order valence-electron chi connectivity index (χ2n) is 4.80. The van der Waals surface area contributed by atoms with Crippen LogP contribution in [0.3, 0.4) is 0 Å². The maximum atomic E-state index is 11.5. The Labute approximate surface area is 130 Å². The van der Waals surface area contributed by atoms with Crippen LogP contribution in [0.25, 0.3) is 0 Å². The molecule has 22 heavy (non-hydrogen) atoms. The van der Waals surface area contributed by atoms with Crippen LogP contribution in [0.5, 0.6) is 0 Å². The molecule has 0 saturated carbocycles. The lowest BCUT2D eigenvalue weighted by Crippen LogP contribution is -2.21. The van der Waals surface area contributed by atoms with E-state index in [1.54, 1.807) is 19.1 Å². The Balaban J connectivity index is 2.68. The summed E-state index contributed by atoms with van der Waals surface area (Å²) in [6, 6.07) is 1.80. The van der Waals surface area contributed by atoms with Crippen LogP contribution in [0.2, 0.25) is 0 Å². The highest BCUT2D eigenvalue weighted by atomic mass is 32.2. The van der Waals surface area contributed by atoms with E-state index in [-0.39, 0.29) is 17.9 Å². The molecule has 0 amide bonds. The molecule has 0 atom stereocenters. The largest absolute Gasteiger partial charge is 0.462 e. The summed E-state index contributed by atoms with van der Waals surface area (Å²) in [7, 11) is -3.94. The number of likely N-dealkylation sites (tertiary alicyclic amines) is 1. The van der Waals surface area contributed by atoms with E-state index in [4.69, 9.17) is 14.6 Å². The molecule has 0 spiro atoms. The fraction of sp³-hybridized carbons (Fsp3) is 0.571. The quantitative estimate of drug-likeness (QED) is 0.324. The van der Waals surface area contributed by atoms with Gasteiger partial charge >= 0.3 is 5.97 Å². The Morgan fingerprint density at radius 2 is 2.27 bits per heavy atom. The van der Waals surface area contributed by atoms with Crippen LogP contribution < -0.4 is 0 Å². The van der Waals surface area contributed by atoms with E-state index in [2.05, 4.69) is 0 Å². The second kappa shape index (κ2) is 8.56. The predicted octanol–water partition coefficient (Wildman–Crippen LogP) is 1.26. The first kappa shape index (κ1) is 18.2. The van der Waals surface area contributed by atoms with Crippen LogP contribution in [0, 0.1) is 11.3 Å². The smallest absolute Gasteiger partial charge is 0.348 e. The van der Waals surface area contributed by atoms with Gasteiger partial charge in [0, 0.05) is 18.8 Å². The van der Waals surface area contributed by atoms with E-state index >= 15 is 0 Å². The lowest BCUT2D eigenvalue weighted by molar-refractivity contribution is -0.138. The maximum Gasteiger partial charge on any atom is 0.348 e. The second-order valence-corrected chi connectivity index (χ2v) is 6.37. The normalized spacial score (nSPS) is 17.6. The molecule has 1 N–H and O–H groups in total. The summed E-state index contributed by atoms with van der Waals surface area (Å²) in [5.74, 6) is -0.934. The van der Waals surface area contributed by atoms with Gasteiger partial charge in [0.05, 0.1) is 12.4 Å². The highest BCUT2D eigenvalue weighted by molar-refractivity contribution is 7.85. The molecule has 7 nitrogen and oxygen atoms in total. The Kier molecular flexibility index (Phi) is 7.08. The van der Waals surface area contributed by atoms with Gasteiger partial charge < -0.3 is 9.64 Å². The SMILES string of the molecule is CCOC(=O)/C(C#N)=C/C=C1/CCCN1CCCS(=O)(=O)O. The van der Waals surface area contributed by atoms with Gasteiger partial charge in [-0.1, -0.05) is 0 Å². The Hall–Kier alpha value is -1.85. The predicted molar refractivity (Wildman–Crippen MR) is 80.3 cm³/mol. The topological polar surface area (TPSA) is 108 Å². The number of carbonyl (C=O) groups excluding carboxylic acids is 1. The minimum atomic E-state index is -3.94. The number of rotatable bonds is 7. The van der Waals surface area contributed by atoms with E-state index in [9.17, 15) is 13.2 Å². The number of hydrogen-bond donors (Lipinski definition) is 1. The van der Waals surface area contributed by atoms with E-state index in [0.717, 1.165) is 25.1 Å². The van der Waals surface area contributed by atoms with Gasteiger partial charge in [-0.25, -0.2) is 4.79 Å². The zero-order valence-corrected chi connectivity index (χ0v) is 13.3. The molecule has 122 valence electrons. The zero-order chi connectivity index (χ0) is 16.6. The highest BCUT2D eigenvalue weighted by Crippen LogP contribution is 2.21. The molecule has 1 aliphatic rings. The molecule has 0 aliphatic carbocycles. The van der Waals surface area contributed by atoms with Crippen molar-refractivity contribution in [2.45, 2.75) is 26.2 Å². The van der Waals surface area contributed by atoms with Crippen molar-refractivity contribution in [3.63, 3.8) is 0 Å². The van der Waals surface area contributed by atoms with Crippen LogP contribution in [-0.4, -0.2) is 49.3 Å². The molecule has 0 aromatic rings. The van der Waals surface area contributed by atoms with Gasteiger partial charge in [0.2, 0.25) is 0 Å². The number of nitriles is 1. The molecule has 1 aliphatic heterocycles. The van der Waals surface area contributed by atoms with Gasteiger partial charge in [-0.3, -0.25) is 4.55 Å². The van der Waals surface area contributed by atoms with E-state index in [1.807, 2.05) is 4.90 Å². The molecule has 1 heterocycles. The molecule has 8 heteroatoms. The first-order valence-corrected chi connectivity index (χ1v) is 8.66. The summed E-state index contributed by atoms with van der Waals surface area (Å²) >= 11 is 0. The van der Waals surface area contributed by atoms with Crippen molar-refractivity contribution in [2.75, 3.05) is 25.4 Å². The fourth-order valence-corrected chi connectivity index (χ4v) is 2.67. The standard InChI is InChI=1S/C14H20N2O5S/c1-2-21-14(17)12(11-15)6-7-13-5-3-8-16(13)9-4-10-22(18,19)20/h6-7H,2-5,8-10H2,1H3,(H,18,19,20)/b12-6+,13-7-. The highest BCUT2D eigenvalue weighted by Gasteiger charge is 2.17. The monoisotopic (exact) mass is 328 g/mol. The van der Waals surface area contributed by atoms with Gasteiger partial charge in [0.1, 0.15) is 11.6 Å². The van der Waals surface area contributed by atoms with Crippen molar-refractivity contribution >= 4 is 16.1 Å². The summed E-state index contributed by atoms with van der Waals surface area (Å²) in [5.41, 5.74) is 0.867. The van der Waals surface area contributed by atoms with Gasteiger partial charge in [0.15, 0.2) is 0 Å². The first-order valence-electron chi connectivity index (χ1n) is 7.05. The van der Waals surface area contributed by atoms with Crippen molar-refractivity contribution < 1.29 is 22.5 Å². The zero-order valence-electron chi connectivity index (χ0n) is 12.5. The fourth-order valence-electron chi connectivity index (χ4n) is 2.17. The van der Waals surface area contributed by atoms with Gasteiger partial charge in [0.25, 0.3) is 10.1 Å². The number of carbonyl (C=O) groups is 1. The Morgan fingerprint density at radius 1 is 1.55 bits per heavy atom. The van der Waals surface area contributed by atoms with Gasteiger partial charge in [-0.15, -0.1) is 0 Å². The number of hydrogen-bond acceptors (Lipinski definition) is 6. The van der Waals surface area contributed by atoms with Crippen molar-refractivity contribution in [1.29, 1.82) is 5.26 Å². The summed E-state index contributed by atoms with van der Waals surface area (Å²) in [6.07, 6.45) is 5.16. The summed E-state index contributed by atoms with van der Waals surface area (Å²) in [4.78, 5) is 13.5. The average Bonchev–Trinajstić information content (AvgIpc) is 2.86. The van der Waals surface area contributed by atoms with Crippen LogP contribution in [-0.2, 0) is 19.6 Å². The number of ether oxygens (including phenoxy) is 1. The van der Waals surface area contributed by atoms with E-state index in [0.29, 0.717) is 13.0 Å². The number of nitrogens with zero attached hydrogens (tertiary/aromatic N) is 2.